The molecule has 2 fully saturated rings. The van der Waals surface area contributed by atoms with Crippen LogP contribution < -0.4 is 15.0 Å². The molecule has 2 heterocycles. The van der Waals surface area contributed by atoms with E-state index in [0.717, 1.165) is 5.56 Å². The number of rotatable bonds is 5. The molecule has 1 N–H and O–H groups in total. The van der Waals surface area contributed by atoms with Crippen molar-refractivity contribution in [1.29, 1.82) is 0 Å². The Labute approximate surface area is 196 Å². The maximum absolute atomic E-state index is 13.4. The number of hydrogen-bond donors (Lipinski definition) is 1. The zero-order valence-corrected chi connectivity index (χ0v) is 19.3. The fourth-order valence-corrected chi connectivity index (χ4v) is 6.54. The van der Waals surface area contributed by atoms with Crippen molar-refractivity contribution in [2.24, 2.45) is 0 Å². The normalized spacial score (nSPS) is 21.4. The topological polar surface area (TPSA) is 92.8 Å². The summed E-state index contributed by atoms with van der Waals surface area (Å²) in [4.78, 5) is 27.9. The average molecular weight is 491 g/mol. The molecule has 0 aromatic heterocycles. The molecule has 5 rings (SSSR count). The fraction of sp³-hybridized carbons (Fsp3) is 0.417. The Bertz CT molecular complexity index is 1280. The maximum atomic E-state index is 13.4. The Morgan fingerprint density at radius 2 is 1.79 bits per heavy atom. The Balaban J connectivity index is 1.43. The van der Waals surface area contributed by atoms with Gasteiger partial charge in [-0.25, -0.2) is 8.42 Å². The number of hydrogen-bond acceptors (Lipinski definition) is 5. The van der Waals surface area contributed by atoms with Gasteiger partial charge < -0.3 is 10.1 Å². The van der Waals surface area contributed by atoms with E-state index >= 15 is 0 Å². The summed E-state index contributed by atoms with van der Waals surface area (Å²) in [5, 5.41) is 2.98. The standard InChI is InChI=1S/C24H24F2N2O5S/c1-23(9-11-34(31,32)12-10-23)27-20(29)15-5-6-19-18(13-15)24(7-8-24)21(30)28(19)16-3-2-4-17(14-16)33-22(25)26/h2-6,13-14,22H,7-12H2,1H3,(H,27,29). The second kappa shape index (κ2) is 7.76. The highest BCUT2D eigenvalue weighted by Crippen LogP contribution is 2.59. The van der Waals surface area contributed by atoms with Gasteiger partial charge in [-0.15, -0.1) is 0 Å². The van der Waals surface area contributed by atoms with Crippen LogP contribution in [0.25, 0.3) is 0 Å². The Morgan fingerprint density at radius 1 is 1.09 bits per heavy atom. The molecular formula is C24H24F2N2O5S. The molecule has 1 saturated carbocycles. The summed E-state index contributed by atoms with van der Waals surface area (Å²) in [6.07, 6.45) is 1.98. The van der Waals surface area contributed by atoms with Gasteiger partial charge >= 0.3 is 6.61 Å². The third kappa shape index (κ3) is 3.93. The van der Waals surface area contributed by atoms with E-state index in [0.29, 0.717) is 42.6 Å². The van der Waals surface area contributed by atoms with Crippen LogP contribution >= 0.6 is 0 Å². The minimum Gasteiger partial charge on any atom is -0.435 e. The van der Waals surface area contributed by atoms with Crippen molar-refractivity contribution >= 4 is 33.0 Å². The van der Waals surface area contributed by atoms with Gasteiger partial charge in [0.2, 0.25) is 5.91 Å². The second-order valence-electron chi connectivity index (χ2n) is 9.50. The Hall–Kier alpha value is -3.01. The van der Waals surface area contributed by atoms with Gasteiger partial charge in [0.15, 0.2) is 0 Å². The predicted molar refractivity (Wildman–Crippen MR) is 121 cm³/mol. The molecule has 3 aliphatic rings. The molecule has 1 saturated heterocycles. The van der Waals surface area contributed by atoms with Crippen LogP contribution in [0.5, 0.6) is 5.75 Å². The van der Waals surface area contributed by atoms with Crippen molar-refractivity contribution in [2.75, 3.05) is 16.4 Å². The number of carbonyl (C=O) groups excluding carboxylic acids is 2. The molecule has 2 amide bonds. The van der Waals surface area contributed by atoms with Crippen LogP contribution in [0.3, 0.4) is 0 Å². The summed E-state index contributed by atoms with van der Waals surface area (Å²) in [6.45, 7) is -1.13. The zero-order valence-electron chi connectivity index (χ0n) is 18.5. The maximum Gasteiger partial charge on any atom is 0.387 e. The molecular weight excluding hydrogens is 466 g/mol. The first-order valence-corrected chi connectivity index (χ1v) is 12.9. The van der Waals surface area contributed by atoms with Crippen LogP contribution in [-0.4, -0.2) is 43.9 Å². The van der Waals surface area contributed by atoms with Gasteiger partial charge in [-0.1, -0.05) is 6.07 Å². The molecule has 180 valence electrons. The van der Waals surface area contributed by atoms with Gasteiger partial charge in [-0.3, -0.25) is 14.5 Å². The minimum atomic E-state index is -3.06. The smallest absolute Gasteiger partial charge is 0.387 e. The number of amides is 2. The summed E-state index contributed by atoms with van der Waals surface area (Å²) in [7, 11) is -3.06. The van der Waals surface area contributed by atoms with Crippen molar-refractivity contribution < 1.29 is 31.5 Å². The molecule has 2 aliphatic heterocycles. The van der Waals surface area contributed by atoms with E-state index in [2.05, 4.69) is 10.1 Å². The largest absolute Gasteiger partial charge is 0.435 e. The van der Waals surface area contributed by atoms with E-state index in [1.165, 1.54) is 17.0 Å². The van der Waals surface area contributed by atoms with E-state index in [1.807, 2.05) is 6.92 Å². The van der Waals surface area contributed by atoms with E-state index in [1.54, 1.807) is 30.3 Å². The molecule has 0 unspecified atom stereocenters. The Kier molecular flexibility index (Phi) is 5.20. The van der Waals surface area contributed by atoms with Gasteiger partial charge in [0.25, 0.3) is 5.91 Å². The van der Waals surface area contributed by atoms with Gasteiger partial charge in [0, 0.05) is 17.2 Å². The van der Waals surface area contributed by atoms with Gasteiger partial charge in [-0.05, 0) is 68.5 Å². The number of fused-ring (bicyclic) bond motifs is 2. The highest BCUT2D eigenvalue weighted by Gasteiger charge is 2.59. The van der Waals surface area contributed by atoms with Gasteiger partial charge in [-0.2, -0.15) is 8.78 Å². The lowest BCUT2D eigenvalue weighted by Gasteiger charge is -2.34. The number of sulfone groups is 1. The third-order valence-corrected chi connectivity index (χ3v) is 8.68. The Morgan fingerprint density at radius 3 is 2.44 bits per heavy atom. The molecule has 2 aromatic rings. The molecule has 1 aliphatic carbocycles. The molecule has 0 radical (unpaired) electrons. The number of nitrogens with one attached hydrogen (secondary N) is 1. The van der Waals surface area contributed by atoms with Crippen LogP contribution in [-0.2, 0) is 20.0 Å². The summed E-state index contributed by atoms with van der Waals surface area (Å²) in [5.41, 5.74) is 0.829. The first kappa shape index (κ1) is 22.8. The van der Waals surface area contributed by atoms with E-state index in [9.17, 15) is 26.8 Å². The van der Waals surface area contributed by atoms with E-state index in [4.69, 9.17) is 0 Å². The highest BCUT2D eigenvalue weighted by molar-refractivity contribution is 7.91. The molecule has 34 heavy (non-hydrogen) atoms. The van der Waals surface area contributed by atoms with Crippen molar-refractivity contribution in [3.05, 3.63) is 53.6 Å². The lowest BCUT2D eigenvalue weighted by Crippen LogP contribution is -2.50. The lowest BCUT2D eigenvalue weighted by atomic mass is 9.93. The average Bonchev–Trinajstić information content (AvgIpc) is 3.54. The van der Waals surface area contributed by atoms with E-state index < -0.39 is 27.4 Å². The van der Waals surface area contributed by atoms with Gasteiger partial charge in [0.1, 0.15) is 15.6 Å². The molecule has 10 heteroatoms. The monoisotopic (exact) mass is 490 g/mol. The van der Waals surface area contributed by atoms with Crippen molar-refractivity contribution in [2.45, 2.75) is 50.2 Å². The first-order valence-electron chi connectivity index (χ1n) is 11.1. The first-order chi connectivity index (χ1) is 16.0. The minimum absolute atomic E-state index is 0.0366. The second-order valence-corrected chi connectivity index (χ2v) is 11.8. The van der Waals surface area contributed by atoms with E-state index in [-0.39, 0.29) is 29.1 Å². The van der Waals surface area contributed by atoms with Crippen molar-refractivity contribution in [3.63, 3.8) is 0 Å². The zero-order chi connectivity index (χ0) is 24.3. The summed E-state index contributed by atoms with van der Waals surface area (Å²) >= 11 is 0. The SMILES string of the molecule is CC1(NC(=O)c2ccc3c(c2)C2(CC2)C(=O)N3c2cccc(OC(F)F)c2)CCS(=O)(=O)CC1. The molecule has 7 nitrogen and oxygen atoms in total. The summed E-state index contributed by atoms with van der Waals surface area (Å²) in [5.74, 6) is -0.446. The van der Waals surface area contributed by atoms with Crippen LogP contribution in [0.15, 0.2) is 42.5 Å². The van der Waals surface area contributed by atoms with Crippen LogP contribution in [0.1, 0.15) is 48.5 Å². The lowest BCUT2D eigenvalue weighted by molar-refractivity contribution is -0.119. The number of anilines is 2. The number of nitrogens with zero attached hydrogens (tertiary/aromatic N) is 1. The quantitative estimate of drug-likeness (QED) is 0.690. The van der Waals surface area contributed by atoms with Crippen molar-refractivity contribution in [1.82, 2.24) is 5.32 Å². The fourth-order valence-electron chi connectivity index (χ4n) is 4.82. The van der Waals surface area contributed by atoms with Gasteiger partial charge in [0.05, 0.1) is 28.3 Å². The number of ether oxygens (including phenoxy) is 1. The summed E-state index contributed by atoms with van der Waals surface area (Å²) in [6, 6.07) is 11.0. The van der Waals surface area contributed by atoms with Crippen molar-refractivity contribution in [3.8, 4) is 5.75 Å². The summed E-state index contributed by atoms with van der Waals surface area (Å²) < 4.78 is 53.3. The molecule has 0 atom stereocenters. The molecule has 2 aromatic carbocycles. The number of alkyl halides is 2. The number of carbonyl (C=O) groups is 2. The molecule has 1 spiro atoms. The number of halogens is 2. The van der Waals surface area contributed by atoms with Crippen LogP contribution in [0.2, 0.25) is 0 Å². The molecule has 0 bridgehead atoms. The third-order valence-electron chi connectivity index (χ3n) is 7.02. The number of benzene rings is 2. The predicted octanol–water partition coefficient (Wildman–Crippen LogP) is 3.70. The van der Waals surface area contributed by atoms with Crippen LogP contribution in [0, 0.1) is 0 Å². The van der Waals surface area contributed by atoms with Crippen LogP contribution in [0.4, 0.5) is 20.2 Å². The highest BCUT2D eigenvalue weighted by atomic mass is 32.2.